The molecule has 1 unspecified atom stereocenters. The molecule has 2 aromatic rings. The van der Waals surface area contributed by atoms with E-state index >= 15 is 0 Å². The first-order valence-electron chi connectivity index (χ1n) is 10.6. The Morgan fingerprint density at radius 3 is 2.54 bits per heavy atom. The minimum absolute atomic E-state index is 0.198. The van der Waals surface area contributed by atoms with Crippen LogP contribution in [0, 0.1) is 23.6 Å². The van der Waals surface area contributed by atoms with Gasteiger partial charge in [-0.25, -0.2) is 4.39 Å². The number of hydrogen-bond donors (Lipinski definition) is 0. The molecule has 0 bridgehead atoms. The van der Waals surface area contributed by atoms with E-state index in [9.17, 15) is 9.18 Å². The number of aromatic nitrogens is 1. The fourth-order valence-corrected chi connectivity index (χ4v) is 5.30. The van der Waals surface area contributed by atoms with Crippen molar-refractivity contribution in [3.63, 3.8) is 0 Å². The van der Waals surface area contributed by atoms with Crippen molar-refractivity contribution >= 4 is 16.7 Å². The molecular weight excluding hydrogens is 351 g/mol. The first kappa shape index (κ1) is 19.5. The molecule has 3 atom stereocenters. The first-order valence-corrected chi connectivity index (χ1v) is 10.6. The van der Waals surface area contributed by atoms with Gasteiger partial charge in [-0.15, -0.1) is 0 Å². The van der Waals surface area contributed by atoms with Crippen molar-refractivity contribution < 1.29 is 9.18 Å². The van der Waals surface area contributed by atoms with Crippen LogP contribution in [-0.4, -0.2) is 34.3 Å². The summed E-state index contributed by atoms with van der Waals surface area (Å²) in [5.41, 5.74) is 1.73. The molecule has 4 heteroatoms. The second-order valence-corrected chi connectivity index (χ2v) is 9.74. The maximum absolute atomic E-state index is 13.8. The van der Waals surface area contributed by atoms with E-state index in [1.165, 1.54) is 11.6 Å². The lowest BCUT2D eigenvalue weighted by Crippen LogP contribution is -2.49. The van der Waals surface area contributed by atoms with Crippen LogP contribution in [0.15, 0.2) is 30.5 Å². The number of ketones is 1. The maximum Gasteiger partial charge on any atom is 0.152 e. The lowest BCUT2D eigenvalue weighted by molar-refractivity contribution is -0.129. The van der Waals surface area contributed by atoms with Crippen LogP contribution in [-0.2, 0) is 4.79 Å². The Hall–Kier alpha value is -1.81. The zero-order valence-corrected chi connectivity index (χ0v) is 17.4. The Labute approximate surface area is 167 Å². The highest BCUT2D eigenvalue weighted by Gasteiger charge is 2.47. The van der Waals surface area contributed by atoms with Gasteiger partial charge in [0, 0.05) is 31.1 Å². The topological polar surface area (TPSA) is 33.2 Å². The van der Waals surface area contributed by atoms with Crippen molar-refractivity contribution in [3.05, 3.63) is 41.8 Å². The summed E-state index contributed by atoms with van der Waals surface area (Å²) in [7, 11) is 0. The number of benzene rings is 1. The molecule has 0 N–H and O–H groups in total. The molecule has 2 aliphatic rings. The summed E-state index contributed by atoms with van der Waals surface area (Å²) in [5, 5.41) is 0.955. The normalized spacial score (nSPS) is 25.6. The zero-order chi connectivity index (χ0) is 20.1. The highest BCUT2D eigenvalue weighted by atomic mass is 19.1. The highest BCUT2D eigenvalue weighted by molar-refractivity contribution is 5.87. The van der Waals surface area contributed by atoms with E-state index in [0.717, 1.165) is 36.8 Å². The lowest BCUT2D eigenvalue weighted by atomic mass is 9.89. The minimum atomic E-state index is -0.378. The summed E-state index contributed by atoms with van der Waals surface area (Å²) in [6, 6.07) is 6.96. The van der Waals surface area contributed by atoms with E-state index in [2.05, 4.69) is 43.6 Å². The fraction of sp³-hybridized carbons (Fsp3) is 0.583. The molecule has 3 nitrogen and oxygen atoms in total. The molecule has 1 aliphatic heterocycles. The number of pyridine rings is 1. The van der Waals surface area contributed by atoms with Crippen molar-refractivity contribution in [2.24, 2.45) is 17.8 Å². The molecule has 4 rings (SSSR count). The van der Waals surface area contributed by atoms with Gasteiger partial charge in [-0.1, -0.05) is 13.8 Å². The van der Waals surface area contributed by atoms with Gasteiger partial charge in [-0.2, -0.15) is 0 Å². The van der Waals surface area contributed by atoms with Crippen LogP contribution in [0.1, 0.15) is 58.4 Å². The van der Waals surface area contributed by atoms with Gasteiger partial charge in [0.1, 0.15) is 5.82 Å². The Morgan fingerprint density at radius 2 is 1.89 bits per heavy atom. The molecule has 0 spiro atoms. The quantitative estimate of drug-likeness (QED) is 0.713. The average Bonchev–Trinajstić information content (AvgIpc) is 3.20. The standard InChI is InChI=1S/C24H31FN2O/c1-15(2)9-23(28)24(3,4)27-13-17-10-16(11-18(17)14-27)20-7-8-26-22-6-5-19(25)12-21(20)22/h5-8,12,15-18H,9-11,13-14H2,1-4H3/t16?,17-,18+. The van der Waals surface area contributed by atoms with E-state index in [4.69, 9.17) is 0 Å². The molecule has 0 amide bonds. The molecule has 2 fully saturated rings. The molecule has 1 saturated heterocycles. The summed E-state index contributed by atoms with van der Waals surface area (Å²) in [5.74, 6) is 2.25. The third kappa shape index (κ3) is 3.47. The molecule has 28 heavy (non-hydrogen) atoms. The zero-order valence-electron chi connectivity index (χ0n) is 17.4. The average molecular weight is 383 g/mol. The SMILES string of the molecule is CC(C)CC(=O)C(C)(C)N1C[C@H]2CC(c3ccnc4ccc(F)cc34)C[C@H]2C1. The summed E-state index contributed by atoms with van der Waals surface area (Å²) >= 11 is 0. The van der Waals surface area contributed by atoms with Crippen LogP contribution in [0.5, 0.6) is 0 Å². The Bertz CT molecular complexity index is 877. The van der Waals surface area contributed by atoms with Crippen LogP contribution in [0.25, 0.3) is 10.9 Å². The lowest BCUT2D eigenvalue weighted by Gasteiger charge is -2.35. The largest absolute Gasteiger partial charge is 0.298 e. The van der Waals surface area contributed by atoms with E-state index < -0.39 is 0 Å². The van der Waals surface area contributed by atoms with Gasteiger partial charge in [0.2, 0.25) is 0 Å². The molecule has 1 aliphatic carbocycles. The smallest absolute Gasteiger partial charge is 0.152 e. The van der Waals surface area contributed by atoms with Gasteiger partial charge in [0.05, 0.1) is 11.1 Å². The predicted molar refractivity (Wildman–Crippen MR) is 111 cm³/mol. The first-order chi connectivity index (χ1) is 13.3. The van der Waals surface area contributed by atoms with Gasteiger partial charge in [-0.3, -0.25) is 14.7 Å². The molecule has 150 valence electrons. The van der Waals surface area contributed by atoms with Crippen molar-refractivity contribution in [1.82, 2.24) is 9.88 Å². The number of carbonyl (C=O) groups is 1. The van der Waals surface area contributed by atoms with Crippen molar-refractivity contribution in [3.8, 4) is 0 Å². The number of nitrogens with zero attached hydrogens (tertiary/aromatic N) is 2. The number of fused-ring (bicyclic) bond motifs is 2. The van der Waals surface area contributed by atoms with E-state index in [0.29, 0.717) is 35.9 Å². The highest BCUT2D eigenvalue weighted by Crippen LogP contribution is 2.48. The Kier molecular flexibility index (Phi) is 5.03. The second-order valence-electron chi connectivity index (χ2n) is 9.74. The van der Waals surface area contributed by atoms with Gasteiger partial charge < -0.3 is 0 Å². The van der Waals surface area contributed by atoms with Crippen molar-refractivity contribution in [2.75, 3.05) is 13.1 Å². The number of likely N-dealkylation sites (tertiary alicyclic amines) is 1. The van der Waals surface area contributed by atoms with Gasteiger partial charge >= 0.3 is 0 Å². The number of Topliss-reactive ketones (excluding diaryl/α,β-unsaturated/α-hetero) is 1. The molecule has 0 radical (unpaired) electrons. The molecule has 2 heterocycles. The van der Waals surface area contributed by atoms with Crippen molar-refractivity contribution in [2.45, 2.75) is 58.4 Å². The Morgan fingerprint density at radius 1 is 1.21 bits per heavy atom. The van der Waals surface area contributed by atoms with E-state index in [1.54, 1.807) is 12.1 Å². The minimum Gasteiger partial charge on any atom is -0.298 e. The Balaban J connectivity index is 1.49. The van der Waals surface area contributed by atoms with Crippen LogP contribution in [0.3, 0.4) is 0 Å². The predicted octanol–water partition coefficient (Wildman–Crippen LogP) is 5.19. The third-order valence-corrected chi connectivity index (χ3v) is 6.99. The number of halogens is 1. The van der Waals surface area contributed by atoms with Crippen molar-refractivity contribution in [1.29, 1.82) is 0 Å². The molecular formula is C24H31FN2O. The van der Waals surface area contributed by atoms with Gasteiger partial charge in [0.15, 0.2) is 5.78 Å². The number of carbonyl (C=O) groups excluding carboxylic acids is 1. The maximum atomic E-state index is 13.8. The monoisotopic (exact) mass is 382 g/mol. The van der Waals surface area contributed by atoms with E-state index in [-0.39, 0.29) is 11.4 Å². The van der Waals surface area contributed by atoms with Gasteiger partial charge in [-0.05, 0) is 80.2 Å². The summed E-state index contributed by atoms with van der Waals surface area (Å²) in [4.78, 5) is 19.6. The van der Waals surface area contributed by atoms with E-state index in [1.807, 2.05) is 6.20 Å². The van der Waals surface area contributed by atoms with Gasteiger partial charge in [0.25, 0.3) is 0 Å². The fourth-order valence-electron chi connectivity index (χ4n) is 5.30. The summed E-state index contributed by atoms with van der Waals surface area (Å²) in [6.07, 6.45) is 4.73. The summed E-state index contributed by atoms with van der Waals surface area (Å²) < 4.78 is 13.8. The molecule has 1 saturated carbocycles. The number of hydrogen-bond acceptors (Lipinski definition) is 3. The van der Waals surface area contributed by atoms with Crippen LogP contribution in [0.2, 0.25) is 0 Å². The number of rotatable bonds is 5. The molecule has 1 aromatic carbocycles. The third-order valence-electron chi connectivity index (χ3n) is 6.99. The second kappa shape index (κ2) is 7.22. The van der Waals surface area contributed by atoms with Crippen LogP contribution in [0.4, 0.5) is 4.39 Å². The van der Waals surface area contributed by atoms with Crippen LogP contribution < -0.4 is 0 Å². The molecule has 1 aromatic heterocycles. The van der Waals surface area contributed by atoms with Crippen LogP contribution >= 0.6 is 0 Å². The summed E-state index contributed by atoms with van der Waals surface area (Å²) in [6.45, 7) is 10.4.